The van der Waals surface area contributed by atoms with Crippen LogP contribution < -0.4 is 0 Å². The van der Waals surface area contributed by atoms with E-state index in [4.69, 9.17) is 0 Å². The van der Waals surface area contributed by atoms with Gasteiger partial charge in [-0.2, -0.15) is 0 Å². The molecule has 3 rings (SSSR count). The topological polar surface area (TPSA) is 32.7 Å². The third-order valence-electron chi connectivity index (χ3n) is 3.13. The van der Waals surface area contributed by atoms with Gasteiger partial charge < -0.3 is 4.90 Å². The maximum Gasteiger partial charge on any atom is 0.209 e. The fraction of sp³-hybridized carbons (Fsp3) is 0.200. The number of para-hydroxylation sites is 1. The second-order valence-electron chi connectivity index (χ2n) is 4.82. The van der Waals surface area contributed by atoms with Crippen LogP contribution >= 0.6 is 0 Å². The molecule has 1 aliphatic carbocycles. The molecule has 18 heavy (non-hydrogen) atoms. The number of hydrogen-bond acceptors (Lipinski definition) is 3. The smallest absolute Gasteiger partial charge is 0.209 e. The Morgan fingerprint density at radius 2 is 1.94 bits per heavy atom. The van der Waals surface area contributed by atoms with Gasteiger partial charge in [-0.25, -0.2) is 4.99 Å². The van der Waals surface area contributed by atoms with Gasteiger partial charge in [-0.1, -0.05) is 30.4 Å². The van der Waals surface area contributed by atoms with Gasteiger partial charge in [0.15, 0.2) is 0 Å². The number of aliphatic imine (C=N–C) groups is 1. The first-order chi connectivity index (χ1) is 8.66. The molecule has 0 saturated carbocycles. The van der Waals surface area contributed by atoms with Gasteiger partial charge in [0, 0.05) is 23.3 Å². The molecule has 0 aromatic heterocycles. The zero-order chi connectivity index (χ0) is 12.7. The van der Waals surface area contributed by atoms with Gasteiger partial charge in [0.2, 0.25) is 5.78 Å². The molecule has 0 amide bonds. The predicted octanol–water partition coefficient (Wildman–Crippen LogP) is 2.23. The average molecular weight is 238 g/mol. The number of hydrogen-bond donors (Lipinski definition) is 0. The standard InChI is InChI=1S/C15H14N2O/c1-17(2)9-10-7-8-12-11-5-3-4-6-13(11)16-14(12)15(10)18/h3-8H,9H2,1-2H3. The van der Waals surface area contributed by atoms with E-state index in [1.165, 1.54) is 0 Å². The van der Waals surface area contributed by atoms with E-state index in [9.17, 15) is 4.79 Å². The summed E-state index contributed by atoms with van der Waals surface area (Å²) >= 11 is 0. The van der Waals surface area contributed by atoms with Crippen LogP contribution in [0.4, 0.5) is 5.69 Å². The molecule has 2 aliphatic rings. The maximum absolute atomic E-state index is 12.3. The van der Waals surface area contributed by atoms with Crippen LogP contribution in [0.1, 0.15) is 5.56 Å². The zero-order valence-corrected chi connectivity index (χ0v) is 10.5. The Balaban J connectivity index is 2.04. The maximum atomic E-state index is 12.3. The number of benzene rings is 1. The fourth-order valence-electron chi connectivity index (χ4n) is 2.33. The highest BCUT2D eigenvalue weighted by molar-refractivity contribution is 6.63. The minimum Gasteiger partial charge on any atom is -0.305 e. The van der Waals surface area contributed by atoms with Crippen LogP contribution in [-0.2, 0) is 4.79 Å². The summed E-state index contributed by atoms with van der Waals surface area (Å²) < 4.78 is 0. The van der Waals surface area contributed by atoms with Crippen molar-refractivity contribution < 1.29 is 4.79 Å². The molecule has 3 nitrogen and oxygen atoms in total. The second kappa shape index (κ2) is 4.03. The average Bonchev–Trinajstić information content (AvgIpc) is 2.72. The summed E-state index contributed by atoms with van der Waals surface area (Å²) in [7, 11) is 3.91. The summed E-state index contributed by atoms with van der Waals surface area (Å²) in [4.78, 5) is 18.8. The zero-order valence-electron chi connectivity index (χ0n) is 10.5. The van der Waals surface area contributed by atoms with E-state index in [2.05, 4.69) is 4.99 Å². The van der Waals surface area contributed by atoms with E-state index < -0.39 is 0 Å². The quantitative estimate of drug-likeness (QED) is 0.740. The summed E-state index contributed by atoms with van der Waals surface area (Å²) in [6, 6.07) is 7.87. The fourth-order valence-corrected chi connectivity index (χ4v) is 2.33. The number of Topliss-reactive ketones (excluding diaryl/α,β-unsaturated/α-hetero) is 1. The largest absolute Gasteiger partial charge is 0.305 e. The molecule has 0 unspecified atom stereocenters. The molecule has 90 valence electrons. The molecule has 0 fully saturated rings. The third kappa shape index (κ3) is 1.64. The number of carbonyl (C=O) groups excluding carboxylic acids is 1. The molecule has 1 aromatic rings. The highest BCUT2D eigenvalue weighted by atomic mass is 16.1. The molecule has 1 aliphatic heterocycles. The van der Waals surface area contributed by atoms with Crippen molar-refractivity contribution in [2.24, 2.45) is 4.99 Å². The van der Waals surface area contributed by atoms with E-state index in [0.29, 0.717) is 12.3 Å². The van der Waals surface area contributed by atoms with E-state index in [1.54, 1.807) is 0 Å². The van der Waals surface area contributed by atoms with Gasteiger partial charge in [0.25, 0.3) is 0 Å². The third-order valence-corrected chi connectivity index (χ3v) is 3.13. The van der Waals surface area contributed by atoms with Crippen molar-refractivity contribution in [3.05, 3.63) is 47.6 Å². The van der Waals surface area contributed by atoms with Crippen molar-refractivity contribution in [3.63, 3.8) is 0 Å². The SMILES string of the molecule is CN(C)CC1=CC=C2C(=Nc3ccccc32)C1=O. The van der Waals surface area contributed by atoms with Crippen molar-refractivity contribution in [1.29, 1.82) is 0 Å². The lowest BCUT2D eigenvalue weighted by molar-refractivity contribution is -0.109. The molecule has 0 N–H and O–H groups in total. The van der Waals surface area contributed by atoms with E-state index in [-0.39, 0.29) is 5.78 Å². The van der Waals surface area contributed by atoms with Crippen LogP contribution in [0.15, 0.2) is 47.0 Å². The molecular formula is C15H14N2O. The molecule has 1 heterocycles. The monoisotopic (exact) mass is 238 g/mol. The van der Waals surface area contributed by atoms with E-state index in [1.807, 2.05) is 55.4 Å². The molecule has 1 aromatic carbocycles. The summed E-state index contributed by atoms with van der Waals surface area (Å²) in [6.07, 6.45) is 3.92. The van der Waals surface area contributed by atoms with Crippen molar-refractivity contribution in [2.75, 3.05) is 20.6 Å². The summed E-state index contributed by atoms with van der Waals surface area (Å²) in [6.45, 7) is 0.651. The van der Waals surface area contributed by atoms with Crippen LogP contribution in [0.3, 0.4) is 0 Å². The van der Waals surface area contributed by atoms with Crippen LogP contribution in [-0.4, -0.2) is 37.0 Å². The summed E-state index contributed by atoms with van der Waals surface area (Å²) in [5.41, 5.74) is 4.30. The molecular weight excluding hydrogens is 224 g/mol. The minimum atomic E-state index is 0.0531. The number of allylic oxidation sites excluding steroid dienone is 3. The lowest BCUT2D eigenvalue weighted by atomic mass is 9.92. The molecule has 0 bridgehead atoms. The number of carbonyl (C=O) groups is 1. The van der Waals surface area contributed by atoms with Gasteiger partial charge in [-0.05, 0) is 20.2 Å². The summed E-state index contributed by atoms with van der Waals surface area (Å²) in [5.74, 6) is 0.0531. The van der Waals surface area contributed by atoms with E-state index in [0.717, 1.165) is 22.4 Å². The normalized spacial score (nSPS) is 17.1. The summed E-state index contributed by atoms with van der Waals surface area (Å²) in [5, 5.41) is 0. The second-order valence-corrected chi connectivity index (χ2v) is 4.82. The lowest BCUT2D eigenvalue weighted by Crippen LogP contribution is -2.26. The molecule has 0 spiro atoms. The molecule has 3 heteroatoms. The Hall–Kier alpha value is -2.00. The Kier molecular flexibility index (Phi) is 2.49. The lowest BCUT2D eigenvalue weighted by Gasteiger charge is -2.15. The van der Waals surface area contributed by atoms with Gasteiger partial charge in [-0.3, -0.25) is 4.79 Å². The Labute approximate surface area is 106 Å². The van der Waals surface area contributed by atoms with Gasteiger partial charge >= 0.3 is 0 Å². The van der Waals surface area contributed by atoms with Crippen molar-refractivity contribution in [1.82, 2.24) is 4.90 Å². The number of nitrogens with zero attached hydrogens (tertiary/aromatic N) is 2. The number of likely N-dealkylation sites (N-methyl/N-ethyl adjacent to an activating group) is 1. The predicted molar refractivity (Wildman–Crippen MR) is 73.2 cm³/mol. The Bertz CT molecular complexity index is 621. The van der Waals surface area contributed by atoms with Gasteiger partial charge in [-0.15, -0.1) is 0 Å². The van der Waals surface area contributed by atoms with Crippen molar-refractivity contribution in [2.45, 2.75) is 0 Å². The number of rotatable bonds is 2. The first-order valence-electron chi connectivity index (χ1n) is 5.95. The van der Waals surface area contributed by atoms with E-state index >= 15 is 0 Å². The van der Waals surface area contributed by atoms with Crippen molar-refractivity contribution in [3.8, 4) is 0 Å². The first kappa shape index (κ1) is 11.1. The highest BCUT2D eigenvalue weighted by Crippen LogP contribution is 2.37. The first-order valence-corrected chi connectivity index (χ1v) is 5.95. The molecule has 0 atom stereocenters. The van der Waals surface area contributed by atoms with Crippen LogP contribution in [0, 0.1) is 0 Å². The number of ketones is 1. The highest BCUT2D eigenvalue weighted by Gasteiger charge is 2.30. The Morgan fingerprint density at radius 3 is 2.72 bits per heavy atom. The van der Waals surface area contributed by atoms with Crippen LogP contribution in [0.5, 0.6) is 0 Å². The van der Waals surface area contributed by atoms with Crippen LogP contribution in [0.2, 0.25) is 0 Å². The molecule has 0 radical (unpaired) electrons. The van der Waals surface area contributed by atoms with Gasteiger partial charge in [0.05, 0.1) is 5.69 Å². The number of fused-ring (bicyclic) bond motifs is 3. The molecule has 0 saturated heterocycles. The Morgan fingerprint density at radius 1 is 1.17 bits per heavy atom. The van der Waals surface area contributed by atoms with Crippen LogP contribution in [0.25, 0.3) is 5.57 Å². The minimum absolute atomic E-state index is 0.0531. The van der Waals surface area contributed by atoms with Crippen molar-refractivity contribution >= 4 is 22.8 Å². The van der Waals surface area contributed by atoms with Gasteiger partial charge in [0.1, 0.15) is 5.71 Å².